The standard InChI is InChI=1S/C8H7ClN2OS.ClH/c1-4-2-5-7(12)10-6(3-9)11-8(5)13-4;/h2H,3H2,1H3,(H,10,11,12);1H. The van der Waals surface area contributed by atoms with Gasteiger partial charge in [0.1, 0.15) is 10.7 Å². The largest absolute Gasteiger partial charge is 0.309 e. The number of hydrogen-bond acceptors (Lipinski definition) is 3. The number of nitrogens with one attached hydrogen (secondary N) is 1. The third kappa shape index (κ3) is 1.92. The molecule has 0 fully saturated rings. The van der Waals surface area contributed by atoms with Crippen molar-refractivity contribution in [3.63, 3.8) is 0 Å². The lowest BCUT2D eigenvalue weighted by molar-refractivity contribution is 1.04. The molecule has 0 saturated heterocycles. The van der Waals surface area contributed by atoms with Crippen molar-refractivity contribution in [1.82, 2.24) is 9.97 Å². The monoisotopic (exact) mass is 250 g/mol. The Morgan fingerprint density at radius 1 is 1.64 bits per heavy atom. The van der Waals surface area contributed by atoms with Crippen LogP contribution < -0.4 is 5.56 Å². The molecule has 0 aliphatic rings. The fourth-order valence-electron chi connectivity index (χ4n) is 1.16. The lowest BCUT2D eigenvalue weighted by Crippen LogP contribution is -2.09. The smallest absolute Gasteiger partial charge is 0.259 e. The minimum absolute atomic E-state index is 0. The number of fused-ring (bicyclic) bond motifs is 1. The van der Waals surface area contributed by atoms with Gasteiger partial charge in [-0.15, -0.1) is 35.3 Å². The van der Waals surface area contributed by atoms with Crippen LogP contribution in [0.5, 0.6) is 0 Å². The number of H-pyrrole nitrogens is 1. The summed E-state index contributed by atoms with van der Waals surface area (Å²) in [5.41, 5.74) is -0.106. The van der Waals surface area contributed by atoms with Crippen LogP contribution in [0.4, 0.5) is 0 Å². The van der Waals surface area contributed by atoms with Gasteiger partial charge in [0.25, 0.3) is 5.56 Å². The van der Waals surface area contributed by atoms with Gasteiger partial charge in [-0.2, -0.15) is 0 Å². The Morgan fingerprint density at radius 2 is 2.36 bits per heavy atom. The normalized spacial score (nSPS) is 10.1. The number of alkyl halides is 1. The molecule has 2 aromatic heterocycles. The van der Waals surface area contributed by atoms with Crippen molar-refractivity contribution in [3.05, 3.63) is 27.1 Å². The average Bonchev–Trinajstić information content (AvgIpc) is 2.46. The average molecular weight is 251 g/mol. The molecule has 0 aromatic carbocycles. The number of aromatic amines is 1. The third-order valence-corrected chi connectivity index (χ3v) is 2.90. The Balaban J connectivity index is 0.000000980. The molecule has 0 bridgehead atoms. The number of aromatic nitrogens is 2. The molecule has 0 aliphatic carbocycles. The van der Waals surface area contributed by atoms with Crippen molar-refractivity contribution in [2.45, 2.75) is 12.8 Å². The van der Waals surface area contributed by atoms with Gasteiger partial charge in [0.05, 0.1) is 11.3 Å². The second kappa shape index (κ2) is 4.29. The summed E-state index contributed by atoms with van der Waals surface area (Å²) in [5, 5.41) is 0.649. The predicted octanol–water partition coefficient (Wildman–Crippen LogP) is 2.45. The Labute approximate surface area is 95.5 Å². The first-order valence-corrected chi connectivity index (χ1v) is 5.11. The molecule has 6 heteroatoms. The number of rotatable bonds is 1. The van der Waals surface area contributed by atoms with Gasteiger partial charge >= 0.3 is 0 Å². The summed E-state index contributed by atoms with van der Waals surface area (Å²) in [6.45, 7) is 1.95. The summed E-state index contributed by atoms with van der Waals surface area (Å²) in [4.78, 5) is 20.1. The van der Waals surface area contributed by atoms with E-state index in [0.717, 1.165) is 9.71 Å². The van der Waals surface area contributed by atoms with E-state index in [1.807, 2.05) is 13.0 Å². The summed E-state index contributed by atoms with van der Waals surface area (Å²) in [7, 11) is 0. The molecule has 0 atom stereocenters. The van der Waals surface area contributed by atoms with Gasteiger partial charge in [0, 0.05) is 4.88 Å². The van der Waals surface area contributed by atoms with Crippen molar-refractivity contribution in [3.8, 4) is 0 Å². The van der Waals surface area contributed by atoms with E-state index >= 15 is 0 Å². The van der Waals surface area contributed by atoms with Crippen LogP contribution >= 0.6 is 35.3 Å². The number of nitrogens with zero attached hydrogens (tertiary/aromatic N) is 1. The zero-order chi connectivity index (χ0) is 9.42. The number of hydrogen-bond donors (Lipinski definition) is 1. The molecule has 3 nitrogen and oxygen atoms in total. The van der Waals surface area contributed by atoms with Gasteiger partial charge in [-0.3, -0.25) is 4.79 Å². The van der Waals surface area contributed by atoms with Gasteiger partial charge in [-0.1, -0.05) is 0 Å². The van der Waals surface area contributed by atoms with Crippen LogP contribution in [0.3, 0.4) is 0 Å². The number of aryl methyl sites for hydroxylation is 1. The van der Waals surface area contributed by atoms with E-state index in [-0.39, 0.29) is 23.8 Å². The first-order chi connectivity index (χ1) is 6.20. The van der Waals surface area contributed by atoms with Crippen LogP contribution in [0.2, 0.25) is 0 Å². The van der Waals surface area contributed by atoms with Crippen LogP contribution in [0.15, 0.2) is 10.9 Å². The predicted molar refractivity (Wildman–Crippen MR) is 61.8 cm³/mol. The van der Waals surface area contributed by atoms with Crippen molar-refractivity contribution in [1.29, 1.82) is 0 Å². The molecule has 0 spiro atoms. The molecule has 0 amide bonds. The number of halogens is 2. The first-order valence-electron chi connectivity index (χ1n) is 3.76. The summed E-state index contributed by atoms with van der Waals surface area (Å²) >= 11 is 7.08. The molecule has 76 valence electrons. The molecule has 2 aromatic rings. The maximum atomic E-state index is 11.4. The Hall–Kier alpha value is -0.580. The lowest BCUT2D eigenvalue weighted by atomic mass is 10.4. The van der Waals surface area contributed by atoms with Gasteiger partial charge in [0.2, 0.25) is 0 Å². The molecule has 1 N–H and O–H groups in total. The zero-order valence-electron chi connectivity index (χ0n) is 7.33. The first kappa shape index (κ1) is 11.5. The highest BCUT2D eigenvalue weighted by atomic mass is 35.5. The molecule has 2 rings (SSSR count). The van der Waals surface area contributed by atoms with Crippen LogP contribution in [-0.4, -0.2) is 9.97 Å². The van der Waals surface area contributed by atoms with Crippen LogP contribution in [0.1, 0.15) is 10.7 Å². The molecule has 14 heavy (non-hydrogen) atoms. The van der Waals surface area contributed by atoms with E-state index < -0.39 is 0 Å². The molecule has 2 heterocycles. The van der Waals surface area contributed by atoms with Gasteiger partial charge in [-0.25, -0.2) is 4.98 Å². The maximum absolute atomic E-state index is 11.4. The van der Waals surface area contributed by atoms with E-state index in [1.165, 1.54) is 11.3 Å². The van der Waals surface area contributed by atoms with E-state index in [4.69, 9.17) is 11.6 Å². The Morgan fingerprint density at radius 3 is 3.00 bits per heavy atom. The van der Waals surface area contributed by atoms with Gasteiger partial charge in [0.15, 0.2) is 0 Å². The second-order valence-corrected chi connectivity index (χ2v) is 4.22. The van der Waals surface area contributed by atoms with Crippen molar-refractivity contribution >= 4 is 45.6 Å². The van der Waals surface area contributed by atoms with Crippen LogP contribution in [-0.2, 0) is 5.88 Å². The Kier molecular flexibility index (Phi) is 3.53. The van der Waals surface area contributed by atoms with Crippen molar-refractivity contribution < 1.29 is 0 Å². The second-order valence-electron chi connectivity index (χ2n) is 2.72. The van der Waals surface area contributed by atoms with Crippen molar-refractivity contribution in [2.75, 3.05) is 0 Å². The molecule has 0 aliphatic heterocycles. The van der Waals surface area contributed by atoms with Crippen molar-refractivity contribution in [2.24, 2.45) is 0 Å². The van der Waals surface area contributed by atoms with E-state index in [1.54, 1.807) is 0 Å². The summed E-state index contributed by atoms with van der Waals surface area (Å²) in [6.07, 6.45) is 0. The molecule has 0 saturated carbocycles. The molecular formula is C8H8Cl2N2OS. The topological polar surface area (TPSA) is 45.8 Å². The fraction of sp³-hybridized carbons (Fsp3) is 0.250. The Bertz CT molecular complexity index is 506. The SMILES string of the molecule is Cc1cc2c(=O)[nH]c(CCl)nc2s1.Cl. The van der Waals surface area contributed by atoms with Gasteiger partial charge in [-0.05, 0) is 13.0 Å². The van der Waals surface area contributed by atoms with E-state index in [0.29, 0.717) is 11.2 Å². The fourth-order valence-corrected chi connectivity index (χ4v) is 2.19. The quantitative estimate of drug-likeness (QED) is 0.791. The van der Waals surface area contributed by atoms with Crippen LogP contribution in [0, 0.1) is 6.92 Å². The minimum Gasteiger partial charge on any atom is -0.309 e. The number of thiophene rings is 1. The highest BCUT2D eigenvalue weighted by molar-refractivity contribution is 7.18. The van der Waals surface area contributed by atoms with Gasteiger partial charge < -0.3 is 4.98 Å². The zero-order valence-corrected chi connectivity index (χ0v) is 9.72. The molecule has 0 radical (unpaired) electrons. The summed E-state index contributed by atoms with van der Waals surface area (Å²) < 4.78 is 0. The van der Waals surface area contributed by atoms with Crippen LogP contribution in [0.25, 0.3) is 10.2 Å². The molecule has 0 unspecified atom stereocenters. The lowest BCUT2D eigenvalue weighted by Gasteiger charge is -1.93. The summed E-state index contributed by atoms with van der Waals surface area (Å²) in [6, 6.07) is 1.84. The highest BCUT2D eigenvalue weighted by Crippen LogP contribution is 2.19. The van der Waals surface area contributed by atoms with E-state index in [2.05, 4.69) is 9.97 Å². The minimum atomic E-state index is -0.106. The maximum Gasteiger partial charge on any atom is 0.259 e. The van der Waals surface area contributed by atoms with E-state index in [9.17, 15) is 4.79 Å². The third-order valence-electron chi connectivity index (χ3n) is 1.70. The highest BCUT2D eigenvalue weighted by Gasteiger charge is 2.05. The molecular weight excluding hydrogens is 243 g/mol. The summed E-state index contributed by atoms with van der Waals surface area (Å²) in [5.74, 6) is 0.767.